The van der Waals surface area contributed by atoms with Gasteiger partial charge in [-0.3, -0.25) is 10.1 Å². The molecule has 0 aliphatic carbocycles. The van der Waals surface area contributed by atoms with Gasteiger partial charge in [0.1, 0.15) is 11.5 Å². The minimum absolute atomic E-state index is 0.491. The zero-order chi connectivity index (χ0) is 14.1. The van der Waals surface area contributed by atoms with E-state index in [1.54, 1.807) is 11.8 Å². The molecule has 106 valence electrons. The molecule has 0 atom stereocenters. The van der Waals surface area contributed by atoms with E-state index in [4.69, 9.17) is 4.42 Å². The molecule has 0 bridgehead atoms. The summed E-state index contributed by atoms with van der Waals surface area (Å²) in [5.74, 6) is 3.61. The Kier molecular flexibility index (Phi) is 7.06. The van der Waals surface area contributed by atoms with Gasteiger partial charge in [-0.05, 0) is 26.2 Å². The Labute approximate surface area is 117 Å². The summed E-state index contributed by atoms with van der Waals surface area (Å²) >= 11 is 1.72. The van der Waals surface area contributed by atoms with Crippen LogP contribution in [-0.4, -0.2) is 36.2 Å². The molecule has 0 spiro atoms. The first-order valence-corrected chi connectivity index (χ1v) is 7.07. The summed E-state index contributed by atoms with van der Waals surface area (Å²) in [4.78, 5) is 11.6. The number of nitrogens with zero attached hydrogens (tertiary/aromatic N) is 2. The first-order chi connectivity index (χ1) is 9.08. The smallest absolute Gasteiger partial charge is 0.249 e. The first kappa shape index (κ1) is 15.6. The summed E-state index contributed by atoms with van der Waals surface area (Å²) in [7, 11) is 4.00. The average molecular weight is 285 g/mol. The second-order valence-electron chi connectivity index (χ2n) is 4.21. The van der Waals surface area contributed by atoms with Crippen LogP contribution in [0.5, 0.6) is 0 Å². The van der Waals surface area contributed by atoms with E-state index in [0.717, 1.165) is 35.8 Å². The summed E-state index contributed by atoms with van der Waals surface area (Å²) in [5, 5.41) is 12.9. The third kappa shape index (κ3) is 7.53. The Morgan fingerprint density at radius 2 is 2.21 bits per heavy atom. The van der Waals surface area contributed by atoms with Crippen molar-refractivity contribution < 1.29 is 9.34 Å². The van der Waals surface area contributed by atoms with Gasteiger partial charge in [-0.1, -0.05) is 0 Å². The number of nitrogens with one attached hydrogen (secondary N) is 1. The topological polar surface area (TPSA) is 71.5 Å². The Morgan fingerprint density at radius 3 is 2.89 bits per heavy atom. The van der Waals surface area contributed by atoms with Crippen LogP contribution < -0.4 is 5.32 Å². The number of thioether (sulfide) groups is 1. The molecule has 6 nitrogen and oxygen atoms in total. The van der Waals surface area contributed by atoms with E-state index in [9.17, 15) is 10.1 Å². The van der Waals surface area contributed by atoms with Gasteiger partial charge in [0.25, 0.3) is 0 Å². The summed E-state index contributed by atoms with van der Waals surface area (Å²) in [6, 6.07) is 3.99. The van der Waals surface area contributed by atoms with E-state index >= 15 is 0 Å². The lowest BCUT2D eigenvalue weighted by molar-refractivity contribution is -0.402. The number of hydrogen-bond donors (Lipinski definition) is 1. The van der Waals surface area contributed by atoms with E-state index in [-0.39, 0.29) is 0 Å². The van der Waals surface area contributed by atoms with Crippen LogP contribution in [0.4, 0.5) is 0 Å². The number of rotatable bonds is 9. The molecule has 19 heavy (non-hydrogen) atoms. The summed E-state index contributed by atoms with van der Waals surface area (Å²) < 4.78 is 5.67. The van der Waals surface area contributed by atoms with Crippen LogP contribution in [0.15, 0.2) is 28.9 Å². The molecule has 1 N–H and O–H groups in total. The van der Waals surface area contributed by atoms with E-state index < -0.39 is 4.92 Å². The lowest BCUT2D eigenvalue weighted by Gasteiger charge is -2.05. The van der Waals surface area contributed by atoms with Gasteiger partial charge in [0, 0.05) is 12.3 Å². The highest BCUT2D eigenvalue weighted by molar-refractivity contribution is 7.98. The van der Waals surface area contributed by atoms with Crippen molar-refractivity contribution in [3.8, 4) is 0 Å². The molecule has 0 aromatic carbocycles. The molecule has 7 heteroatoms. The Balaban J connectivity index is 2.12. The van der Waals surface area contributed by atoms with Crippen molar-refractivity contribution in [2.24, 2.45) is 0 Å². The third-order valence-corrected chi connectivity index (χ3v) is 3.12. The molecule has 0 aliphatic rings. The van der Waals surface area contributed by atoms with Crippen LogP contribution >= 0.6 is 11.8 Å². The van der Waals surface area contributed by atoms with Gasteiger partial charge in [-0.2, -0.15) is 11.8 Å². The summed E-state index contributed by atoms with van der Waals surface area (Å²) in [6.45, 7) is 1.50. The van der Waals surface area contributed by atoms with Crippen molar-refractivity contribution >= 4 is 11.8 Å². The fourth-order valence-corrected chi connectivity index (χ4v) is 2.16. The Hall–Kier alpha value is -1.47. The Bertz CT molecular complexity index is 418. The molecule has 1 aromatic heterocycles. The number of hydrogen-bond acceptors (Lipinski definition) is 6. The highest BCUT2D eigenvalue weighted by Gasteiger charge is 2.03. The maximum atomic E-state index is 10.0. The van der Waals surface area contributed by atoms with E-state index in [1.165, 1.54) is 6.20 Å². The quantitative estimate of drug-likeness (QED) is 0.424. The largest absolute Gasteiger partial charge is 0.464 e. The predicted octanol–water partition coefficient (Wildman–Crippen LogP) is 1.91. The predicted molar refractivity (Wildman–Crippen MR) is 76.4 cm³/mol. The van der Waals surface area contributed by atoms with E-state index in [2.05, 4.69) is 10.2 Å². The summed E-state index contributed by atoms with van der Waals surface area (Å²) in [6.07, 6.45) is 2.24. The molecular formula is C12H19N3O3S. The van der Waals surface area contributed by atoms with Gasteiger partial charge in [-0.15, -0.1) is 0 Å². The van der Waals surface area contributed by atoms with Crippen molar-refractivity contribution in [1.29, 1.82) is 0 Å². The molecule has 0 unspecified atom stereocenters. The van der Waals surface area contributed by atoms with Crippen LogP contribution in [-0.2, 0) is 12.3 Å². The van der Waals surface area contributed by atoms with Gasteiger partial charge in [0.05, 0.1) is 23.4 Å². The first-order valence-electron chi connectivity index (χ1n) is 5.91. The van der Waals surface area contributed by atoms with Gasteiger partial charge in [0.15, 0.2) is 0 Å². The monoisotopic (exact) mass is 285 g/mol. The lowest BCUT2D eigenvalue weighted by Crippen LogP contribution is -2.10. The highest BCUT2D eigenvalue weighted by atomic mass is 32.2. The van der Waals surface area contributed by atoms with Gasteiger partial charge >= 0.3 is 0 Å². The van der Waals surface area contributed by atoms with Crippen molar-refractivity contribution in [2.45, 2.75) is 12.3 Å². The van der Waals surface area contributed by atoms with Crippen LogP contribution in [0, 0.1) is 10.1 Å². The maximum Gasteiger partial charge on any atom is 0.249 e. The van der Waals surface area contributed by atoms with Gasteiger partial charge in [-0.25, -0.2) is 0 Å². The Morgan fingerprint density at radius 1 is 1.47 bits per heavy atom. The molecule has 0 saturated heterocycles. The minimum atomic E-state index is -0.491. The second kappa shape index (κ2) is 8.60. The van der Waals surface area contributed by atoms with Crippen LogP contribution in [0.3, 0.4) is 0 Å². The number of nitro groups is 1. The summed E-state index contributed by atoms with van der Waals surface area (Å²) in [5.41, 5.74) is 0. The standard InChI is InChI=1S/C12H19N3O3S/c1-14(2)9-11-3-4-12(18-11)10-19-8-6-13-5-7-15(16)17/h3-5,7,13H,6,8-10H2,1-2H3. The zero-order valence-electron chi connectivity index (χ0n) is 11.2. The minimum Gasteiger partial charge on any atom is -0.464 e. The van der Waals surface area contributed by atoms with Crippen molar-refractivity contribution in [2.75, 3.05) is 26.4 Å². The fourth-order valence-electron chi connectivity index (χ4n) is 1.40. The van der Waals surface area contributed by atoms with Gasteiger partial charge in [0.2, 0.25) is 6.20 Å². The number of furan rings is 1. The highest BCUT2D eigenvalue weighted by Crippen LogP contribution is 2.15. The second-order valence-corrected chi connectivity index (χ2v) is 5.32. The molecule has 0 saturated carbocycles. The van der Waals surface area contributed by atoms with E-state index in [1.807, 2.05) is 26.2 Å². The fraction of sp³-hybridized carbons (Fsp3) is 0.500. The van der Waals surface area contributed by atoms with Gasteiger partial charge < -0.3 is 14.6 Å². The van der Waals surface area contributed by atoms with Crippen molar-refractivity contribution in [1.82, 2.24) is 10.2 Å². The molecule has 1 rings (SSSR count). The van der Waals surface area contributed by atoms with Crippen molar-refractivity contribution in [3.63, 3.8) is 0 Å². The zero-order valence-corrected chi connectivity index (χ0v) is 12.0. The van der Waals surface area contributed by atoms with Crippen LogP contribution in [0.25, 0.3) is 0 Å². The SMILES string of the molecule is CN(C)Cc1ccc(CSCCNC=C[N+](=O)[O-])o1. The maximum absolute atomic E-state index is 10.0. The molecule has 0 radical (unpaired) electrons. The van der Waals surface area contributed by atoms with Crippen LogP contribution in [0.2, 0.25) is 0 Å². The molecule has 1 aromatic rings. The molecule has 1 heterocycles. The molecule has 0 aliphatic heterocycles. The normalized spacial score (nSPS) is 11.3. The molecule has 0 fully saturated rings. The average Bonchev–Trinajstić information content (AvgIpc) is 2.74. The van der Waals surface area contributed by atoms with Crippen LogP contribution in [0.1, 0.15) is 11.5 Å². The molecule has 0 amide bonds. The van der Waals surface area contributed by atoms with Crippen molar-refractivity contribution in [3.05, 3.63) is 46.2 Å². The molecular weight excluding hydrogens is 266 g/mol. The lowest BCUT2D eigenvalue weighted by atomic mass is 10.4. The van der Waals surface area contributed by atoms with E-state index in [0.29, 0.717) is 6.54 Å². The third-order valence-electron chi connectivity index (χ3n) is 2.14.